The Labute approximate surface area is 132 Å². The van der Waals surface area contributed by atoms with E-state index >= 15 is 0 Å². The van der Waals surface area contributed by atoms with Gasteiger partial charge in [0.05, 0.1) is 7.11 Å². The molecule has 0 fully saturated rings. The predicted molar refractivity (Wildman–Crippen MR) is 91.5 cm³/mol. The topological polar surface area (TPSA) is 21.3 Å². The molecular formula is C18H25NOS. The summed E-state index contributed by atoms with van der Waals surface area (Å²) >= 11 is 1.91. The van der Waals surface area contributed by atoms with Crippen LogP contribution in [0.25, 0.3) is 0 Å². The summed E-state index contributed by atoms with van der Waals surface area (Å²) in [6, 6.07) is 13.2. The molecular weight excluding hydrogens is 278 g/mol. The number of methoxy groups -OCH3 is 1. The molecule has 2 rings (SSSR count). The van der Waals surface area contributed by atoms with Gasteiger partial charge in [-0.1, -0.05) is 32.9 Å². The fraction of sp³-hybridized carbons (Fsp3) is 0.444. The minimum atomic E-state index is 0.224. The van der Waals surface area contributed by atoms with Gasteiger partial charge in [0.15, 0.2) is 0 Å². The van der Waals surface area contributed by atoms with E-state index in [9.17, 15) is 0 Å². The zero-order valence-electron chi connectivity index (χ0n) is 13.6. The number of nitrogens with one attached hydrogen (secondary N) is 1. The molecule has 3 heteroatoms. The van der Waals surface area contributed by atoms with Crippen LogP contribution in [0.2, 0.25) is 0 Å². The Morgan fingerprint density at radius 3 is 2.24 bits per heavy atom. The number of likely N-dealkylation sites (N-methyl/N-ethyl adjacent to an activating group) is 1. The van der Waals surface area contributed by atoms with Crippen molar-refractivity contribution < 1.29 is 4.74 Å². The van der Waals surface area contributed by atoms with Crippen LogP contribution >= 0.6 is 11.3 Å². The first-order valence-electron chi connectivity index (χ1n) is 7.34. The second-order valence-electron chi connectivity index (χ2n) is 6.35. The molecule has 1 unspecified atom stereocenters. The summed E-state index contributed by atoms with van der Waals surface area (Å²) in [5.41, 5.74) is 1.54. The summed E-state index contributed by atoms with van der Waals surface area (Å²) < 4.78 is 5.21. The molecule has 21 heavy (non-hydrogen) atoms. The number of hydrogen-bond acceptors (Lipinski definition) is 3. The molecule has 114 valence electrons. The normalized spacial score (nSPS) is 13.2. The van der Waals surface area contributed by atoms with Crippen LogP contribution in [0.15, 0.2) is 36.4 Å². The first-order valence-corrected chi connectivity index (χ1v) is 8.16. The van der Waals surface area contributed by atoms with Gasteiger partial charge in [-0.15, -0.1) is 11.3 Å². The van der Waals surface area contributed by atoms with Gasteiger partial charge in [0, 0.05) is 15.8 Å². The van der Waals surface area contributed by atoms with E-state index in [2.05, 4.69) is 50.4 Å². The summed E-state index contributed by atoms with van der Waals surface area (Å²) in [7, 11) is 3.73. The number of rotatable bonds is 5. The largest absolute Gasteiger partial charge is 0.497 e. The van der Waals surface area contributed by atoms with E-state index in [-0.39, 0.29) is 5.41 Å². The van der Waals surface area contributed by atoms with E-state index < -0.39 is 0 Å². The van der Waals surface area contributed by atoms with E-state index in [1.54, 1.807) is 7.11 Å². The first kappa shape index (κ1) is 16.1. The third-order valence-electron chi connectivity index (χ3n) is 3.66. The van der Waals surface area contributed by atoms with Crippen molar-refractivity contribution in [2.24, 2.45) is 0 Å². The minimum absolute atomic E-state index is 0.224. The molecule has 2 aromatic rings. The second-order valence-corrected chi connectivity index (χ2v) is 7.46. The molecule has 0 saturated heterocycles. The van der Waals surface area contributed by atoms with Crippen LogP contribution in [0.3, 0.4) is 0 Å². The van der Waals surface area contributed by atoms with Crippen molar-refractivity contribution in [3.8, 4) is 5.75 Å². The average molecular weight is 303 g/mol. The molecule has 1 N–H and O–H groups in total. The van der Waals surface area contributed by atoms with Crippen molar-refractivity contribution >= 4 is 11.3 Å². The van der Waals surface area contributed by atoms with E-state index in [0.29, 0.717) is 6.04 Å². The molecule has 1 heterocycles. The lowest BCUT2D eigenvalue weighted by Gasteiger charge is -2.17. The molecule has 2 nitrogen and oxygen atoms in total. The molecule has 1 aromatic heterocycles. The predicted octanol–water partition coefficient (Wildman–Crippen LogP) is 4.56. The van der Waals surface area contributed by atoms with Crippen LogP contribution in [-0.2, 0) is 11.8 Å². The van der Waals surface area contributed by atoms with Gasteiger partial charge in [0.25, 0.3) is 0 Å². The highest BCUT2D eigenvalue weighted by Crippen LogP contribution is 2.33. The van der Waals surface area contributed by atoms with Crippen LogP contribution < -0.4 is 10.1 Å². The van der Waals surface area contributed by atoms with Crippen LogP contribution in [0, 0.1) is 0 Å². The Morgan fingerprint density at radius 2 is 1.76 bits per heavy atom. The molecule has 0 spiro atoms. The van der Waals surface area contributed by atoms with Crippen LogP contribution in [0.4, 0.5) is 0 Å². The lowest BCUT2D eigenvalue weighted by Crippen LogP contribution is -2.17. The number of hydrogen-bond donors (Lipinski definition) is 1. The van der Waals surface area contributed by atoms with Crippen molar-refractivity contribution in [1.82, 2.24) is 5.32 Å². The van der Waals surface area contributed by atoms with Gasteiger partial charge in [-0.2, -0.15) is 0 Å². The van der Waals surface area contributed by atoms with Crippen LogP contribution in [0.5, 0.6) is 5.75 Å². The molecule has 0 radical (unpaired) electrons. The lowest BCUT2D eigenvalue weighted by atomic mass is 9.95. The highest BCUT2D eigenvalue weighted by atomic mass is 32.1. The Bertz CT molecular complexity index is 566. The number of ether oxygens (including phenoxy) is 1. The first-order chi connectivity index (χ1) is 9.94. The zero-order valence-corrected chi connectivity index (χ0v) is 14.4. The van der Waals surface area contributed by atoms with Gasteiger partial charge in [-0.3, -0.25) is 0 Å². The molecule has 0 saturated carbocycles. The van der Waals surface area contributed by atoms with Crippen LogP contribution in [0.1, 0.15) is 42.1 Å². The van der Waals surface area contributed by atoms with Gasteiger partial charge in [-0.05, 0) is 48.7 Å². The van der Waals surface area contributed by atoms with Gasteiger partial charge < -0.3 is 10.1 Å². The third kappa shape index (κ3) is 4.08. The minimum Gasteiger partial charge on any atom is -0.497 e. The summed E-state index contributed by atoms with van der Waals surface area (Å²) in [6.45, 7) is 6.79. The summed E-state index contributed by atoms with van der Waals surface area (Å²) in [4.78, 5) is 2.84. The molecule has 0 bridgehead atoms. The maximum atomic E-state index is 5.21. The van der Waals surface area contributed by atoms with Gasteiger partial charge in [0.1, 0.15) is 5.75 Å². The fourth-order valence-electron chi connectivity index (χ4n) is 2.29. The Kier molecular flexibility index (Phi) is 5.07. The molecule has 0 aliphatic carbocycles. The maximum absolute atomic E-state index is 5.21. The van der Waals surface area contributed by atoms with Crippen LogP contribution in [-0.4, -0.2) is 14.2 Å². The maximum Gasteiger partial charge on any atom is 0.118 e. The SMILES string of the molecule is CNC(Cc1ccc(OC)cc1)c1ccc(C(C)(C)C)s1. The number of benzene rings is 1. The van der Waals surface area contributed by atoms with E-state index in [4.69, 9.17) is 4.74 Å². The summed E-state index contributed by atoms with van der Waals surface area (Å²) in [5, 5.41) is 3.44. The second kappa shape index (κ2) is 6.63. The van der Waals surface area contributed by atoms with E-state index in [1.807, 2.05) is 30.5 Å². The molecule has 1 atom stereocenters. The average Bonchev–Trinajstić information content (AvgIpc) is 2.95. The van der Waals surface area contributed by atoms with Crippen molar-refractivity contribution in [1.29, 1.82) is 0 Å². The molecule has 0 aliphatic rings. The van der Waals surface area contributed by atoms with Crippen molar-refractivity contribution in [3.05, 3.63) is 51.7 Å². The quantitative estimate of drug-likeness (QED) is 0.874. The summed E-state index contributed by atoms with van der Waals surface area (Å²) in [6.07, 6.45) is 0.991. The highest BCUT2D eigenvalue weighted by molar-refractivity contribution is 7.12. The standard InChI is InChI=1S/C18H25NOS/c1-18(2,3)17-11-10-16(21-17)15(19-4)12-13-6-8-14(20-5)9-7-13/h6-11,15,19H,12H2,1-5H3. The smallest absolute Gasteiger partial charge is 0.118 e. The van der Waals surface area contributed by atoms with E-state index in [1.165, 1.54) is 15.3 Å². The molecule has 0 aliphatic heterocycles. The third-order valence-corrected chi connectivity index (χ3v) is 5.28. The highest BCUT2D eigenvalue weighted by Gasteiger charge is 2.19. The van der Waals surface area contributed by atoms with E-state index in [0.717, 1.165) is 12.2 Å². The lowest BCUT2D eigenvalue weighted by molar-refractivity contribution is 0.414. The van der Waals surface area contributed by atoms with Gasteiger partial charge >= 0.3 is 0 Å². The molecule has 0 amide bonds. The zero-order chi connectivity index (χ0) is 15.5. The van der Waals surface area contributed by atoms with Crippen molar-refractivity contribution in [2.75, 3.05) is 14.2 Å². The Balaban J connectivity index is 2.13. The Morgan fingerprint density at radius 1 is 1.10 bits per heavy atom. The van der Waals surface area contributed by atoms with Crippen molar-refractivity contribution in [2.45, 2.75) is 38.6 Å². The fourth-order valence-corrected chi connectivity index (χ4v) is 3.46. The van der Waals surface area contributed by atoms with Crippen molar-refractivity contribution in [3.63, 3.8) is 0 Å². The summed E-state index contributed by atoms with van der Waals surface area (Å²) in [5.74, 6) is 0.908. The molecule has 1 aromatic carbocycles. The van der Waals surface area contributed by atoms with Gasteiger partial charge in [-0.25, -0.2) is 0 Å². The van der Waals surface area contributed by atoms with Gasteiger partial charge in [0.2, 0.25) is 0 Å². The Hall–Kier alpha value is -1.32. The number of thiophene rings is 1. The monoisotopic (exact) mass is 303 g/mol.